The molecule has 1 aromatic heterocycles. The van der Waals surface area contributed by atoms with E-state index < -0.39 is 17.5 Å². The Balaban J connectivity index is 1.91. The highest BCUT2D eigenvalue weighted by Gasteiger charge is 2.14. The van der Waals surface area contributed by atoms with E-state index in [1.54, 1.807) is 31.3 Å². The molecule has 0 aliphatic rings. The summed E-state index contributed by atoms with van der Waals surface area (Å²) in [6.07, 6.45) is 0. The number of carbonyl (C=O) groups is 1. The number of aromatic nitrogens is 2. The normalized spacial score (nSPS) is 10.9. The number of halogens is 2. The number of rotatable bonds is 3. The lowest BCUT2D eigenvalue weighted by molar-refractivity contribution is -0.116. The third-order valence-electron chi connectivity index (χ3n) is 3.56. The van der Waals surface area contributed by atoms with E-state index in [9.17, 15) is 18.4 Å². The lowest BCUT2D eigenvalue weighted by Crippen LogP contribution is -2.28. The highest BCUT2D eigenvalue weighted by molar-refractivity contribution is 5.91. The summed E-state index contributed by atoms with van der Waals surface area (Å²) in [7, 11) is 1.60. The molecular weight excluding hydrogens is 304 g/mol. The summed E-state index contributed by atoms with van der Waals surface area (Å²) in [5.74, 6) is -2.03. The number of fused-ring (bicyclic) bond motifs is 1. The number of hydrogen-bond acceptors (Lipinski definition) is 2. The van der Waals surface area contributed by atoms with Crippen LogP contribution < -0.4 is 11.0 Å². The first-order valence-electron chi connectivity index (χ1n) is 6.86. The van der Waals surface area contributed by atoms with E-state index in [-0.39, 0.29) is 17.9 Å². The number of anilines is 1. The number of carbonyl (C=O) groups excluding carboxylic acids is 1. The number of nitrogens with zero attached hydrogens (tertiary/aromatic N) is 2. The van der Waals surface area contributed by atoms with Crippen LogP contribution in [0.15, 0.2) is 47.3 Å². The van der Waals surface area contributed by atoms with Crippen molar-refractivity contribution in [3.63, 3.8) is 0 Å². The fraction of sp³-hybridized carbons (Fsp3) is 0.125. The van der Waals surface area contributed by atoms with Crippen LogP contribution in [0.2, 0.25) is 0 Å². The SMILES string of the molecule is Cn1c(=O)n(CC(=O)Nc2cc(F)ccc2F)c2ccccc21. The van der Waals surface area contributed by atoms with Crippen LogP contribution in [0.5, 0.6) is 0 Å². The first-order chi connectivity index (χ1) is 11.0. The van der Waals surface area contributed by atoms with Gasteiger partial charge in [-0.05, 0) is 24.3 Å². The molecular formula is C16H13F2N3O2. The molecule has 0 fully saturated rings. The molecule has 0 saturated carbocycles. The smallest absolute Gasteiger partial charge is 0.322 e. The molecule has 0 aliphatic carbocycles. The molecule has 3 aromatic rings. The summed E-state index contributed by atoms with van der Waals surface area (Å²) in [5.41, 5.74) is 0.654. The van der Waals surface area contributed by atoms with Gasteiger partial charge in [-0.25, -0.2) is 13.6 Å². The Bertz CT molecular complexity index is 960. The molecule has 0 atom stereocenters. The Morgan fingerprint density at radius 1 is 1.13 bits per heavy atom. The second-order valence-corrected chi connectivity index (χ2v) is 5.09. The molecule has 118 valence electrons. The van der Waals surface area contributed by atoms with Gasteiger partial charge in [-0.2, -0.15) is 0 Å². The second-order valence-electron chi connectivity index (χ2n) is 5.09. The van der Waals surface area contributed by atoms with Crippen molar-refractivity contribution in [2.45, 2.75) is 6.54 Å². The largest absolute Gasteiger partial charge is 0.329 e. The van der Waals surface area contributed by atoms with Crippen molar-refractivity contribution in [2.75, 3.05) is 5.32 Å². The Labute approximate surface area is 129 Å². The molecule has 3 rings (SSSR count). The van der Waals surface area contributed by atoms with Gasteiger partial charge in [0.15, 0.2) is 0 Å². The van der Waals surface area contributed by atoms with Crippen LogP contribution in [0.3, 0.4) is 0 Å². The van der Waals surface area contributed by atoms with Crippen molar-refractivity contribution in [3.8, 4) is 0 Å². The number of hydrogen-bond donors (Lipinski definition) is 1. The van der Waals surface area contributed by atoms with Crippen molar-refractivity contribution < 1.29 is 13.6 Å². The Morgan fingerprint density at radius 3 is 2.57 bits per heavy atom. The van der Waals surface area contributed by atoms with Gasteiger partial charge in [0, 0.05) is 13.1 Å². The summed E-state index contributed by atoms with van der Waals surface area (Å²) < 4.78 is 29.4. The van der Waals surface area contributed by atoms with Gasteiger partial charge in [0.05, 0.1) is 16.7 Å². The number of imidazole rings is 1. The summed E-state index contributed by atoms with van der Waals surface area (Å²) in [5, 5.41) is 2.28. The van der Waals surface area contributed by atoms with E-state index in [1.165, 1.54) is 9.13 Å². The third-order valence-corrected chi connectivity index (χ3v) is 3.56. The molecule has 1 heterocycles. The lowest BCUT2D eigenvalue weighted by atomic mass is 10.3. The van der Waals surface area contributed by atoms with Gasteiger partial charge in [0.25, 0.3) is 0 Å². The topological polar surface area (TPSA) is 56.0 Å². The molecule has 5 nitrogen and oxygen atoms in total. The van der Waals surface area contributed by atoms with Crippen molar-refractivity contribution in [2.24, 2.45) is 7.05 Å². The quantitative estimate of drug-likeness (QED) is 0.805. The van der Waals surface area contributed by atoms with Crippen LogP contribution in [-0.4, -0.2) is 15.0 Å². The fourth-order valence-corrected chi connectivity index (χ4v) is 2.44. The average molecular weight is 317 g/mol. The number of nitrogens with one attached hydrogen (secondary N) is 1. The standard InChI is InChI=1S/C16H13F2N3O2/c1-20-13-4-2-3-5-14(13)21(16(20)23)9-15(22)19-12-8-10(17)6-7-11(12)18/h2-8H,9H2,1H3,(H,19,22). The maximum Gasteiger partial charge on any atom is 0.329 e. The first kappa shape index (κ1) is 15.0. The summed E-state index contributed by atoms with van der Waals surface area (Å²) in [6, 6.07) is 9.79. The maximum absolute atomic E-state index is 13.6. The van der Waals surface area contributed by atoms with Gasteiger partial charge in [-0.3, -0.25) is 13.9 Å². The summed E-state index contributed by atoms with van der Waals surface area (Å²) >= 11 is 0. The summed E-state index contributed by atoms with van der Waals surface area (Å²) in [4.78, 5) is 24.3. The Morgan fingerprint density at radius 2 is 1.83 bits per heavy atom. The van der Waals surface area contributed by atoms with Gasteiger partial charge in [0.2, 0.25) is 5.91 Å². The maximum atomic E-state index is 13.6. The zero-order chi connectivity index (χ0) is 16.6. The molecule has 0 spiro atoms. The monoisotopic (exact) mass is 317 g/mol. The average Bonchev–Trinajstić information content (AvgIpc) is 2.76. The second kappa shape index (κ2) is 5.68. The zero-order valence-corrected chi connectivity index (χ0v) is 12.2. The minimum atomic E-state index is -0.745. The number of benzene rings is 2. The van der Waals surface area contributed by atoms with Gasteiger partial charge in [-0.15, -0.1) is 0 Å². The van der Waals surface area contributed by atoms with Crippen molar-refractivity contribution in [3.05, 3.63) is 64.6 Å². The lowest BCUT2D eigenvalue weighted by Gasteiger charge is -2.07. The van der Waals surface area contributed by atoms with Crippen LogP contribution in [0.1, 0.15) is 0 Å². The van der Waals surface area contributed by atoms with Crippen LogP contribution in [0.25, 0.3) is 11.0 Å². The van der Waals surface area contributed by atoms with Crippen LogP contribution in [0.4, 0.5) is 14.5 Å². The molecule has 0 radical (unpaired) electrons. The van der Waals surface area contributed by atoms with Gasteiger partial charge >= 0.3 is 5.69 Å². The molecule has 0 saturated heterocycles. The number of amides is 1. The highest BCUT2D eigenvalue weighted by Crippen LogP contribution is 2.16. The van der Waals surface area contributed by atoms with E-state index in [0.717, 1.165) is 18.2 Å². The molecule has 0 aliphatic heterocycles. The van der Waals surface area contributed by atoms with E-state index >= 15 is 0 Å². The van der Waals surface area contributed by atoms with E-state index in [1.807, 2.05) is 0 Å². The first-order valence-corrected chi connectivity index (χ1v) is 6.86. The van der Waals surface area contributed by atoms with Crippen LogP contribution >= 0.6 is 0 Å². The third kappa shape index (κ3) is 2.73. The van der Waals surface area contributed by atoms with E-state index in [0.29, 0.717) is 11.0 Å². The molecule has 1 N–H and O–H groups in total. The number of para-hydroxylation sites is 2. The van der Waals surface area contributed by atoms with E-state index in [2.05, 4.69) is 5.32 Å². The molecule has 0 bridgehead atoms. The van der Waals surface area contributed by atoms with Crippen LogP contribution in [0, 0.1) is 11.6 Å². The predicted molar refractivity (Wildman–Crippen MR) is 82.2 cm³/mol. The Kier molecular flexibility index (Phi) is 3.69. The van der Waals surface area contributed by atoms with Gasteiger partial charge < -0.3 is 5.32 Å². The minimum Gasteiger partial charge on any atom is -0.322 e. The minimum absolute atomic E-state index is 0.261. The van der Waals surface area contributed by atoms with Gasteiger partial charge in [0.1, 0.15) is 18.2 Å². The van der Waals surface area contributed by atoms with Crippen molar-refractivity contribution >= 4 is 22.6 Å². The van der Waals surface area contributed by atoms with Gasteiger partial charge in [-0.1, -0.05) is 12.1 Å². The molecule has 23 heavy (non-hydrogen) atoms. The summed E-state index contributed by atoms with van der Waals surface area (Å²) in [6.45, 7) is -0.295. The molecule has 0 unspecified atom stereocenters. The highest BCUT2D eigenvalue weighted by atomic mass is 19.1. The zero-order valence-electron chi connectivity index (χ0n) is 12.2. The fourth-order valence-electron chi connectivity index (χ4n) is 2.44. The predicted octanol–water partition coefficient (Wildman–Crippen LogP) is 2.26. The Hall–Kier alpha value is -2.96. The molecule has 1 amide bonds. The van der Waals surface area contributed by atoms with Crippen molar-refractivity contribution in [1.29, 1.82) is 0 Å². The molecule has 2 aromatic carbocycles. The number of aryl methyl sites for hydroxylation is 1. The van der Waals surface area contributed by atoms with Crippen molar-refractivity contribution in [1.82, 2.24) is 9.13 Å². The molecule has 7 heteroatoms. The van der Waals surface area contributed by atoms with Crippen LogP contribution in [-0.2, 0) is 18.4 Å². The van der Waals surface area contributed by atoms with E-state index in [4.69, 9.17) is 0 Å².